The van der Waals surface area contributed by atoms with Gasteiger partial charge in [-0.25, -0.2) is 18.3 Å². The van der Waals surface area contributed by atoms with Crippen LogP contribution < -0.4 is 26.3 Å². The minimum Gasteiger partial charge on any atom is -0.363 e. The van der Waals surface area contributed by atoms with Gasteiger partial charge in [-0.1, -0.05) is 23.7 Å². The number of rotatable bonds is 9. The lowest BCUT2D eigenvalue weighted by Gasteiger charge is -2.48. The summed E-state index contributed by atoms with van der Waals surface area (Å²) in [6, 6.07) is 8.87. The number of urea groups is 1. The zero-order valence-corrected chi connectivity index (χ0v) is 38.2. The minimum absolute atomic E-state index is 0.0668. The molecule has 350 valence electrons. The standard InChI is InChI=1S/C47H57ClF2N12O4/c1-29-35(48)21-31(22-38(29)60-16-10-41(63)55-45(60)66)44(65)59-19-13-46(14-20-59)11-17-57(18-12-46)27-32-9-15-58(28-47(32,49)50)26-30-5-3-8-37-34(30)24-53-61(37)40-23-36(51-2)42-52-25-39(62(42)56-40)43(64)54-33-6-4-7-33/h3,5,8,21-25,32-33,42,52,56H,4,6-7,9-20,26-28H2,1-2H3,(H,54,64)(H,55,63,66). The van der Waals surface area contributed by atoms with E-state index in [2.05, 4.69) is 31.3 Å². The monoisotopic (exact) mass is 926 g/mol. The van der Waals surface area contributed by atoms with Crippen LogP contribution in [0.5, 0.6) is 0 Å². The van der Waals surface area contributed by atoms with Crippen LogP contribution in [0.4, 0.5) is 19.3 Å². The van der Waals surface area contributed by atoms with Gasteiger partial charge >= 0.3 is 6.03 Å². The lowest BCUT2D eigenvalue weighted by molar-refractivity contribution is -0.123. The highest BCUT2D eigenvalue weighted by molar-refractivity contribution is 6.32. The first-order valence-electron chi connectivity index (χ1n) is 23.3. The van der Waals surface area contributed by atoms with Gasteiger partial charge in [0.05, 0.1) is 29.7 Å². The average Bonchev–Trinajstić information content (AvgIpc) is 3.93. The molecule has 19 heteroatoms. The Bertz CT molecular complexity index is 2540. The quantitative estimate of drug-likeness (QED) is 0.229. The number of likely N-dealkylation sites (tertiary alicyclic amines) is 3. The number of hydrogen-bond donors (Lipinski definition) is 4. The summed E-state index contributed by atoms with van der Waals surface area (Å²) in [5.74, 6) is -3.61. The molecule has 6 aliphatic heterocycles. The molecule has 3 aromatic rings. The number of benzene rings is 2. The van der Waals surface area contributed by atoms with Crippen molar-refractivity contribution in [1.82, 2.24) is 50.9 Å². The number of piperidine rings is 3. The Morgan fingerprint density at radius 2 is 1.77 bits per heavy atom. The summed E-state index contributed by atoms with van der Waals surface area (Å²) in [7, 11) is 1.71. The Morgan fingerprint density at radius 3 is 2.48 bits per heavy atom. The molecule has 0 radical (unpaired) electrons. The van der Waals surface area contributed by atoms with Crippen LogP contribution in [0.25, 0.3) is 16.7 Å². The summed E-state index contributed by atoms with van der Waals surface area (Å²) >= 11 is 6.57. The van der Waals surface area contributed by atoms with Gasteiger partial charge in [0, 0.05) is 86.4 Å². The van der Waals surface area contributed by atoms with Crippen LogP contribution in [0, 0.1) is 18.3 Å². The van der Waals surface area contributed by atoms with Crippen molar-refractivity contribution in [3.8, 4) is 0 Å². The van der Waals surface area contributed by atoms with E-state index in [0.29, 0.717) is 72.5 Å². The third-order valence-corrected chi connectivity index (χ3v) is 15.6. The van der Waals surface area contributed by atoms with Gasteiger partial charge in [0.2, 0.25) is 5.91 Å². The van der Waals surface area contributed by atoms with E-state index in [1.807, 2.05) is 34.1 Å². The van der Waals surface area contributed by atoms with Gasteiger partial charge in [0.15, 0.2) is 6.17 Å². The largest absolute Gasteiger partial charge is 0.363 e. The summed E-state index contributed by atoms with van der Waals surface area (Å²) in [6.45, 7) is 5.66. The first-order valence-corrected chi connectivity index (χ1v) is 23.7. The number of alkyl halides is 2. The number of fused-ring (bicyclic) bond motifs is 2. The maximum atomic E-state index is 16.1. The molecule has 1 aliphatic carbocycles. The second-order valence-electron chi connectivity index (χ2n) is 19.2. The highest BCUT2D eigenvalue weighted by Gasteiger charge is 2.47. The first-order chi connectivity index (χ1) is 31.8. The van der Waals surface area contributed by atoms with Crippen LogP contribution in [0.3, 0.4) is 0 Å². The van der Waals surface area contributed by atoms with Crippen LogP contribution in [0.1, 0.15) is 79.3 Å². The lowest BCUT2D eigenvalue weighted by atomic mass is 9.71. The molecule has 4 saturated heterocycles. The first kappa shape index (κ1) is 44.3. The average molecular weight is 928 g/mol. The molecule has 5 amide bonds. The molecule has 1 aromatic heterocycles. The lowest BCUT2D eigenvalue weighted by Crippen LogP contribution is -2.55. The number of aliphatic imine (C=N–C) groups is 1. The van der Waals surface area contributed by atoms with Gasteiger partial charge in [0.1, 0.15) is 11.5 Å². The summed E-state index contributed by atoms with van der Waals surface area (Å²) in [4.78, 5) is 63.2. The van der Waals surface area contributed by atoms with Crippen molar-refractivity contribution in [1.29, 1.82) is 0 Å². The molecule has 4 N–H and O–H groups in total. The maximum Gasteiger partial charge on any atom is 0.328 e. The number of carbonyl (C=O) groups is 4. The number of hydrazine groups is 1. The van der Waals surface area contributed by atoms with E-state index in [1.165, 1.54) is 4.90 Å². The van der Waals surface area contributed by atoms with Crippen LogP contribution in [-0.4, -0.2) is 136 Å². The fourth-order valence-corrected chi connectivity index (χ4v) is 11.0. The fraction of sp³-hybridized carbons (Fsp3) is 0.532. The minimum atomic E-state index is -2.85. The molecule has 2 aromatic carbocycles. The predicted octanol–water partition coefficient (Wildman–Crippen LogP) is 5.05. The molecule has 10 rings (SSSR count). The Kier molecular flexibility index (Phi) is 11.8. The van der Waals surface area contributed by atoms with E-state index < -0.39 is 17.9 Å². The van der Waals surface area contributed by atoms with Crippen molar-refractivity contribution in [3.05, 3.63) is 76.2 Å². The van der Waals surface area contributed by atoms with E-state index in [1.54, 1.807) is 48.2 Å². The Hall–Kier alpha value is -5.59. The molecule has 7 heterocycles. The fourth-order valence-electron chi connectivity index (χ4n) is 10.8. The summed E-state index contributed by atoms with van der Waals surface area (Å²) in [5, 5.41) is 16.5. The highest BCUT2D eigenvalue weighted by Crippen LogP contribution is 2.43. The number of halogens is 3. The van der Waals surface area contributed by atoms with Gasteiger partial charge < -0.3 is 20.4 Å². The Labute approximate surface area is 387 Å². The summed E-state index contributed by atoms with van der Waals surface area (Å²) in [5.41, 5.74) is 7.95. The van der Waals surface area contributed by atoms with Crippen molar-refractivity contribution in [2.45, 2.75) is 89.4 Å². The molecule has 1 spiro atoms. The van der Waals surface area contributed by atoms with Crippen molar-refractivity contribution in [3.63, 3.8) is 0 Å². The number of carbonyl (C=O) groups excluding carboxylic acids is 4. The molecular weight excluding hydrogens is 870 g/mol. The van der Waals surface area contributed by atoms with E-state index in [9.17, 15) is 19.2 Å². The number of imide groups is 1. The van der Waals surface area contributed by atoms with Gasteiger partial charge in [-0.05, 0) is 113 Å². The molecule has 16 nitrogen and oxygen atoms in total. The number of anilines is 1. The van der Waals surface area contributed by atoms with E-state index >= 15 is 8.78 Å². The molecule has 2 atom stereocenters. The molecular formula is C47H57ClF2N12O4. The van der Waals surface area contributed by atoms with Crippen LogP contribution in [-0.2, 0) is 16.1 Å². The van der Waals surface area contributed by atoms with Gasteiger partial charge in [-0.3, -0.25) is 44.9 Å². The normalized spacial score (nSPS) is 25.2. The van der Waals surface area contributed by atoms with E-state index in [-0.39, 0.29) is 54.9 Å². The molecule has 5 fully saturated rings. The summed E-state index contributed by atoms with van der Waals surface area (Å²) in [6.07, 6.45) is 12.2. The van der Waals surface area contributed by atoms with Gasteiger partial charge in [-0.2, -0.15) is 5.10 Å². The molecule has 0 bridgehead atoms. The second-order valence-corrected chi connectivity index (χ2v) is 19.6. The number of nitrogens with one attached hydrogen (secondary N) is 4. The summed E-state index contributed by atoms with van der Waals surface area (Å²) < 4.78 is 33.9. The molecule has 2 unspecified atom stereocenters. The Morgan fingerprint density at radius 1 is 1.00 bits per heavy atom. The van der Waals surface area contributed by atoms with Crippen LogP contribution in [0.2, 0.25) is 5.02 Å². The third kappa shape index (κ3) is 8.40. The highest BCUT2D eigenvalue weighted by atomic mass is 35.5. The number of nitrogens with zero attached hydrogens (tertiary/aromatic N) is 8. The molecule has 1 saturated carbocycles. The van der Waals surface area contributed by atoms with Gasteiger partial charge in [0.25, 0.3) is 17.7 Å². The van der Waals surface area contributed by atoms with Gasteiger partial charge in [-0.15, -0.1) is 0 Å². The van der Waals surface area contributed by atoms with E-state index in [0.717, 1.165) is 80.2 Å². The van der Waals surface area contributed by atoms with E-state index in [4.69, 9.17) is 16.7 Å². The zero-order valence-electron chi connectivity index (χ0n) is 37.4. The second kappa shape index (κ2) is 17.6. The predicted molar refractivity (Wildman–Crippen MR) is 246 cm³/mol. The number of amides is 5. The van der Waals surface area contributed by atoms with Crippen LogP contribution in [0.15, 0.2) is 59.5 Å². The van der Waals surface area contributed by atoms with Crippen molar-refractivity contribution >= 4 is 63.5 Å². The smallest absolute Gasteiger partial charge is 0.328 e. The maximum absolute atomic E-state index is 16.1. The van der Waals surface area contributed by atoms with Crippen molar-refractivity contribution in [2.24, 2.45) is 16.3 Å². The molecule has 7 aliphatic rings. The molecule has 66 heavy (non-hydrogen) atoms. The van der Waals surface area contributed by atoms with Crippen molar-refractivity contribution < 1.29 is 28.0 Å². The zero-order chi connectivity index (χ0) is 45.9. The van der Waals surface area contributed by atoms with Crippen molar-refractivity contribution in [2.75, 3.05) is 64.3 Å². The van der Waals surface area contributed by atoms with Crippen LogP contribution >= 0.6 is 11.6 Å². The number of aromatic nitrogens is 2. The third-order valence-electron chi connectivity index (χ3n) is 15.2. The number of hydrogen-bond acceptors (Lipinski definition) is 11. The topological polar surface area (TPSA) is 163 Å². The SMILES string of the molecule is CN=C1C=C(n2ncc3c(CN4CCC(CN5CCC6(CC5)CCN(C(=O)c5cc(Cl)c(C)c(N7CCC(=O)NC7=O)c5)CC6)C(F)(F)C4)cccc32)NN2C(C(=O)NC3CCC3)=CNC12. The Balaban J connectivity index is 0.723.